The second-order valence-corrected chi connectivity index (χ2v) is 7.43. The second-order valence-electron chi connectivity index (χ2n) is 7.43. The van der Waals surface area contributed by atoms with Crippen LogP contribution < -0.4 is 5.32 Å². The van der Waals surface area contributed by atoms with Crippen molar-refractivity contribution in [2.45, 2.75) is 26.7 Å². The number of para-hydroxylation sites is 1. The molecule has 1 aromatic heterocycles. The van der Waals surface area contributed by atoms with E-state index < -0.39 is 0 Å². The average Bonchev–Trinajstić information content (AvgIpc) is 3.29. The van der Waals surface area contributed by atoms with E-state index in [-0.39, 0.29) is 0 Å². The highest BCUT2D eigenvalue weighted by molar-refractivity contribution is 5.84. The minimum atomic E-state index is 0.566. The van der Waals surface area contributed by atoms with E-state index in [1.54, 1.807) is 7.11 Å². The Bertz CT molecular complexity index is 771. The van der Waals surface area contributed by atoms with Crippen molar-refractivity contribution < 1.29 is 9.47 Å². The Balaban J connectivity index is 1.56. The van der Waals surface area contributed by atoms with E-state index in [0.29, 0.717) is 19.1 Å². The minimum absolute atomic E-state index is 0.566. The predicted molar refractivity (Wildman–Crippen MR) is 115 cm³/mol. The van der Waals surface area contributed by atoms with Gasteiger partial charge in [0.1, 0.15) is 0 Å². The molecule has 0 aliphatic carbocycles. The van der Waals surface area contributed by atoms with Crippen LogP contribution in [-0.4, -0.2) is 69.0 Å². The minimum Gasteiger partial charge on any atom is -0.382 e. The third-order valence-corrected chi connectivity index (χ3v) is 5.36. The number of hydrogen-bond donors (Lipinski definition) is 2. The molecule has 1 aromatic carbocycles. The van der Waals surface area contributed by atoms with Gasteiger partial charge in [-0.25, -0.2) is 0 Å². The maximum Gasteiger partial charge on any atom is 0.193 e. The molecule has 154 valence electrons. The molecule has 3 rings (SSSR count). The van der Waals surface area contributed by atoms with Crippen LogP contribution in [0, 0.1) is 12.8 Å². The zero-order valence-electron chi connectivity index (χ0n) is 17.5. The molecular formula is C22H34N4O2. The summed E-state index contributed by atoms with van der Waals surface area (Å²) >= 11 is 0. The molecule has 2 heterocycles. The number of hydrogen-bond acceptors (Lipinski definition) is 3. The Morgan fingerprint density at radius 2 is 2.18 bits per heavy atom. The molecule has 2 N–H and O–H groups in total. The highest BCUT2D eigenvalue weighted by atomic mass is 16.5. The Kier molecular flexibility index (Phi) is 7.74. The number of aliphatic imine (C=N–C) groups is 1. The molecular weight excluding hydrogens is 352 g/mol. The van der Waals surface area contributed by atoms with Crippen molar-refractivity contribution in [2.75, 3.05) is 53.1 Å². The molecule has 0 saturated carbocycles. The fourth-order valence-corrected chi connectivity index (χ4v) is 3.91. The summed E-state index contributed by atoms with van der Waals surface area (Å²) in [4.78, 5) is 10.8. The summed E-state index contributed by atoms with van der Waals surface area (Å²) in [6, 6.07) is 8.51. The Morgan fingerprint density at radius 1 is 1.32 bits per heavy atom. The first kappa shape index (κ1) is 20.7. The van der Waals surface area contributed by atoms with Gasteiger partial charge < -0.3 is 24.7 Å². The van der Waals surface area contributed by atoms with Crippen molar-refractivity contribution in [3.63, 3.8) is 0 Å². The molecule has 1 atom stereocenters. The number of fused-ring (bicyclic) bond motifs is 1. The molecule has 1 aliphatic heterocycles. The SMILES string of the molecule is CCNC(=NCCc1c(C)[nH]c2ccccc12)N1CCC(COCCOC)C1. The van der Waals surface area contributed by atoms with Crippen LogP contribution in [0.25, 0.3) is 10.9 Å². The van der Waals surface area contributed by atoms with Gasteiger partial charge in [0, 0.05) is 55.8 Å². The fourth-order valence-electron chi connectivity index (χ4n) is 3.91. The van der Waals surface area contributed by atoms with Crippen LogP contribution >= 0.6 is 0 Å². The topological polar surface area (TPSA) is 61.9 Å². The number of aromatic amines is 1. The van der Waals surface area contributed by atoms with Crippen LogP contribution in [0.4, 0.5) is 0 Å². The molecule has 1 saturated heterocycles. The molecule has 0 amide bonds. The first-order valence-corrected chi connectivity index (χ1v) is 10.4. The van der Waals surface area contributed by atoms with Gasteiger partial charge in [-0.2, -0.15) is 0 Å². The molecule has 28 heavy (non-hydrogen) atoms. The van der Waals surface area contributed by atoms with Gasteiger partial charge in [-0.3, -0.25) is 4.99 Å². The quantitative estimate of drug-likeness (QED) is 0.395. The Hall–Kier alpha value is -2.05. The molecule has 0 radical (unpaired) electrons. The summed E-state index contributed by atoms with van der Waals surface area (Å²) < 4.78 is 10.8. The number of nitrogens with one attached hydrogen (secondary N) is 2. The van der Waals surface area contributed by atoms with Gasteiger partial charge >= 0.3 is 0 Å². The van der Waals surface area contributed by atoms with Gasteiger partial charge in [0.2, 0.25) is 0 Å². The molecule has 0 spiro atoms. The Morgan fingerprint density at radius 3 is 3.00 bits per heavy atom. The highest BCUT2D eigenvalue weighted by Crippen LogP contribution is 2.22. The summed E-state index contributed by atoms with van der Waals surface area (Å²) in [6.07, 6.45) is 2.10. The zero-order chi connectivity index (χ0) is 19.8. The summed E-state index contributed by atoms with van der Waals surface area (Å²) in [7, 11) is 1.71. The normalized spacial score (nSPS) is 17.6. The van der Waals surface area contributed by atoms with Crippen molar-refractivity contribution in [3.05, 3.63) is 35.5 Å². The number of nitrogens with zero attached hydrogens (tertiary/aromatic N) is 2. The summed E-state index contributed by atoms with van der Waals surface area (Å²) in [5.41, 5.74) is 3.83. The lowest BCUT2D eigenvalue weighted by Crippen LogP contribution is -2.40. The Labute approximate surface area is 168 Å². The molecule has 1 aliphatic rings. The number of H-pyrrole nitrogens is 1. The maximum absolute atomic E-state index is 5.71. The van der Waals surface area contributed by atoms with E-state index in [9.17, 15) is 0 Å². The monoisotopic (exact) mass is 386 g/mol. The zero-order valence-corrected chi connectivity index (χ0v) is 17.5. The van der Waals surface area contributed by atoms with Gasteiger partial charge in [-0.05, 0) is 38.3 Å². The predicted octanol–water partition coefficient (Wildman–Crippen LogP) is 2.97. The third-order valence-electron chi connectivity index (χ3n) is 5.36. The van der Waals surface area contributed by atoms with E-state index in [4.69, 9.17) is 14.5 Å². The molecule has 1 fully saturated rings. The number of guanidine groups is 1. The van der Waals surface area contributed by atoms with Crippen LogP contribution in [0.1, 0.15) is 24.6 Å². The van der Waals surface area contributed by atoms with Gasteiger partial charge in [0.15, 0.2) is 5.96 Å². The number of likely N-dealkylation sites (tertiary alicyclic amines) is 1. The number of ether oxygens (including phenoxy) is 2. The number of aryl methyl sites for hydroxylation is 1. The van der Waals surface area contributed by atoms with E-state index in [0.717, 1.165) is 51.6 Å². The van der Waals surface area contributed by atoms with Gasteiger partial charge in [0.05, 0.1) is 19.8 Å². The smallest absolute Gasteiger partial charge is 0.193 e. The van der Waals surface area contributed by atoms with Crippen LogP contribution in [0.15, 0.2) is 29.3 Å². The summed E-state index contributed by atoms with van der Waals surface area (Å²) in [5.74, 6) is 1.59. The average molecular weight is 387 g/mol. The van der Waals surface area contributed by atoms with E-state index in [1.165, 1.54) is 22.2 Å². The number of methoxy groups -OCH3 is 1. The fraction of sp³-hybridized carbons (Fsp3) is 0.591. The van der Waals surface area contributed by atoms with Crippen LogP contribution in [0.2, 0.25) is 0 Å². The third kappa shape index (κ3) is 5.26. The molecule has 2 aromatic rings. The lowest BCUT2D eigenvalue weighted by molar-refractivity contribution is 0.0536. The summed E-state index contributed by atoms with van der Waals surface area (Å²) in [6.45, 7) is 10.1. The highest BCUT2D eigenvalue weighted by Gasteiger charge is 2.25. The van der Waals surface area contributed by atoms with E-state index in [1.807, 2.05) is 0 Å². The van der Waals surface area contributed by atoms with E-state index >= 15 is 0 Å². The first-order valence-electron chi connectivity index (χ1n) is 10.4. The molecule has 6 nitrogen and oxygen atoms in total. The number of benzene rings is 1. The largest absolute Gasteiger partial charge is 0.382 e. The summed E-state index contributed by atoms with van der Waals surface area (Å²) in [5, 5.41) is 4.78. The number of aromatic nitrogens is 1. The van der Waals surface area contributed by atoms with Crippen LogP contribution in [-0.2, 0) is 15.9 Å². The molecule has 1 unspecified atom stereocenters. The van der Waals surface area contributed by atoms with Gasteiger partial charge in [0.25, 0.3) is 0 Å². The van der Waals surface area contributed by atoms with E-state index in [2.05, 4.69) is 53.3 Å². The first-order chi connectivity index (χ1) is 13.7. The van der Waals surface area contributed by atoms with Crippen LogP contribution in [0.5, 0.6) is 0 Å². The van der Waals surface area contributed by atoms with Crippen molar-refractivity contribution in [1.82, 2.24) is 15.2 Å². The van der Waals surface area contributed by atoms with Crippen molar-refractivity contribution in [3.8, 4) is 0 Å². The maximum atomic E-state index is 5.71. The number of rotatable bonds is 9. The molecule has 6 heteroatoms. The van der Waals surface area contributed by atoms with Crippen molar-refractivity contribution in [2.24, 2.45) is 10.9 Å². The lowest BCUT2D eigenvalue weighted by Gasteiger charge is -2.21. The second kappa shape index (κ2) is 10.5. The van der Waals surface area contributed by atoms with Crippen molar-refractivity contribution in [1.29, 1.82) is 0 Å². The lowest BCUT2D eigenvalue weighted by atomic mass is 10.1. The molecule has 0 bridgehead atoms. The van der Waals surface area contributed by atoms with Crippen LogP contribution in [0.3, 0.4) is 0 Å². The van der Waals surface area contributed by atoms with Gasteiger partial charge in [-0.15, -0.1) is 0 Å². The van der Waals surface area contributed by atoms with Crippen molar-refractivity contribution >= 4 is 16.9 Å². The van der Waals surface area contributed by atoms with Gasteiger partial charge in [-0.1, -0.05) is 18.2 Å². The standard InChI is InChI=1S/C22H34N4O2/c1-4-23-22(26-12-10-18(15-26)16-28-14-13-27-3)24-11-9-19-17(2)25-21-8-6-5-7-20(19)21/h5-8,18,25H,4,9-16H2,1-3H3,(H,23,24).